The first-order valence-electron chi connectivity index (χ1n) is 11.1. The summed E-state index contributed by atoms with van der Waals surface area (Å²) in [5.41, 5.74) is 7.69. The van der Waals surface area contributed by atoms with Crippen molar-refractivity contribution in [2.24, 2.45) is 5.73 Å². The van der Waals surface area contributed by atoms with Crippen LogP contribution in [0.1, 0.15) is 43.4 Å². The molecule has 176 valence electrons. The molecule has 2 atom stereocenters. The van der Waals surface area contributed by atoms with Gasteiger partial charge in [-0.2, -0.15) is 0 Å². The molecule has 0 unspecified atom stereocenters. The maximum absolute atomic E-state index is 13.5. The van der Waals surface area contributed by atoms with Crippen molar-refractivity contribution in [1.82, 2.24) is 4.90 Å². The highest BCUT2D eigenvalue weighted by Gasteiger charge is 2.43. The second-order valence-corrected chi connectivity index (χ2v) is 8.55. The fourth-order valence-corrected chi connectivity index (χ4v) is 4.39. The van der Waals surface area contributed by atoms with Crippen molar-refractivity contribution in [1.29, 1.82) is 0 Å². The van der Waals surface area contributed by atoms with Gasteiger partial charge in [-0.15, -0.1) is 0 Å². The van der Waals surface area contributed by atoms with Gasteiger partial charge in [0, 0.05) is 36.6 Å². The van der Waals surface area contributed by atoms with Crippen LogP contribution in [0.25, 0.3) is 11.1 Å². The van der Waals surface area contributed by atoms with Gasteiger partial charge in [0.05, 0.1) is 11.6 Å². The second kappa shape index (κ2) is 9.51. The van der Waals surface area contributed by atoms with Gasteiger partial charge in [-0.3, -0.25) is 10.0 Å². The first-order valence-corrected chi connectivity index (χ1v) is 11.1. The number of halogens is 1. The zero-order valence-electron chi connectivity index (χ0n) is 18.9. The van der Waals surface area contributed by atoms with E-state index in [-0.39, 0.29) is 24.7 Å². The summed E-state index contributed by atoms with van der Waals surface area (Å²) in [6, 6.07) is 17.0. The molecule has 0 saturated carbocycles. The van der Waals surface area contributed by atoms with Gasteiger partial charge in [-0.25, -0.2) is 9.18 Å². The summed E-state index contributed by atoms with van der Waals surface area (Å²) in [6.07, 6.45) is 3.38. The zero-order valence-corrected chi connectivity index (χ0v) is 18.9. The molecular formula is C26H27FN3O4+. The Kier molecular flexibility index (Phi) is 6.49. The Labute approximate surface area is 197 Å². The summed E-state index contributed by atoms with van der Waals surface area (Å²) >= 11 is 0. The molecule has 0 spiro atoms. The Morgan fingerprint density at radius 3 is 2.50 bits per heavy atom. The Morgan fingerprint density at radius 1 is 1.18 bits per heavy atom. The summed E-state index contributed by atoms with van der Waals surface area (Å²) in [7, 11) is 0. The molecule has 0 radical (unpaired) electrons. The molecule has 1 aliphatic heterocycles. The number of cyclic esters (lactones) is 1. The van der Waals surface area contributed by atoms with Gasteiger partial charge in [0.1, 0.15) is 11.4 Å². The molecule has 0 bridgehead atoms. The van der Waals surface area contributed by atoms with Crippen molar-refractivity contribution < 1.29 is 28.7 Å². The molecule has 2 aromatic carbocycles. The molecule has 3 N–H and O–H groups in total. The first-order chi connectivity index (χ1) is 16.3. The third-order valence-electron chi connectivity index (χ3n) is 6.40. The molecule has 2 amide bonds. The van der Waals surface area contributed by atoms with Crippen LogP contribution in [0.3, 0.4) is 0 Å². The van der Waals surface area contributed by atoms with Gasteiger partial charge < -0.3 is 15.4 Å². The molecular weight excluding hydrogens is 437 g/mol. The largest absolute Gasteiger partial charge is 0.438 e. The average Bonchev–Trinajstić information content (AvgIpc) is 2.83. The summed E-state index contributed by atoms with van der Waals surface area (Å²) in [5, 5.41) is 9.64. The number of carbonyl (C=O) groups is 2. The fraction of sp³-hybridized carbons (Fsp3) is 0.269. The molecule has 8 heteroatoms. The van der Waals surface area contributed by atoms with E-state index in [9.17, 15) is 19.2 Å². The van der Waals surface area contributed by atoms with Crippen LogP contribution in [0.2, 0.25) is 0 Å². The Balaban J connectivity index is 1.52. The van der Waals surface area contributed by atoms with Crippen molar-refractivity contribution in [2.45, 2.75) is 37.8 Å². The molecule has 2 heterocycles. The number of nitrogens with two attached hydrogens (primary N) is 1. The number of amides is 2. The third kappa shape index (κ3) is 4.85. The van der Waals surface area contributed by atoms with Crippen LogP contribution in [-0.4, -0.2) is 28.7 Å². The van der Waals surface area contributed by atoms with E-state index in [0.29, 0.717) is 18.5 Å². The SMILES string of the molecule is C[C@@H](c1ccc(-c2ccc[n+](O)c2)cc1)N1CC[C@](CCC(N)=O)(c2ccc(F)cc2)OC1=O. The molecule has 1 saturated heterocycles. The highest BCUT2D eigenvalue weighted by Crippen LogP contribution is 2.40. The Morgan fingerprint density at radius 2 is 1.88 bits per heavy atom. The zero-order chi connectivity index (χ0) is 24.3. The van der Waals surface area contributed by atoms with E-state index in [1.54, 1.807) is 29.3 Å². The number of aromatic nitrogens is 1. The average molecular weight is 465 g/mol. The first kappa shape index (κ1) is 23.2. The monoisotopic (exact) mass is 464 g/mol. The predicted molar refractivity (Wildman–Crippen MR) is 122 cm³/mol. The minimum atomic E-state index is -1.03. The quantitative estimate of drug-likeness (QED) is 0.407. The molecule has 1 fully saturated rings. The standard InChI is InChI=1S/C26H26FN3O4/c1-18(19-4-6-20(7-5-19)21-3-2-15-29(33)17-21)30-16-14-26(34-25(30)32,13-12-24(28)31)22-8-10-23(27)11-9-22/h2-11,15,17-18H,12-14,16H2,1H3,(H2-,28,31,33)/p+1/t18-,26+/m0/s1. The number of primary amides is 1. The van der Waals surface area contributed by atoms with Crippen molar-refractivity contribution in [2.75, 3.05) is 6.54 Å². The van der Waals surface area contributed by atoms with E-state index < -0.39 is 17.6 Å². The highest BCUT2D eigenvalue weighted by molar-refractivity contribution is 5.74. The second-order valence-electron chi connectivity index (χ2n) is 8.55. The molecule has 1 aromatic heterocycles. The van der Waals surface area contributed by atoms with Crippen molar-refractivity contribution in [3.05, 3.63) is 90.0 Å². The van der Waals surface area contributed by atoms with E-state index in [0.717, 1.165) is 21.4 Å². The minimum absolute atomic E-state index is 0.0506. The molecule has 0 aliphatic carbocycles. The lowest BCUT2D eigenvalue weighted by atomic mass is 9.84. The number of hydrogen-bond donors (Lipinski definition) is 2. The minimum Gasteiger partial charge on any atom is -0.438 e. The maximum atomic E-state index is 13.5. The van der Waals surface area contributed by atoms with Gasteiger partial charge in [0.2, 0.25) is 18.3 Å². The van der Waals surface area contributed by atoms with Crippen LogP contribution in [-0.2, 0) is 15.1 Å². The van der Waals surface area contributed by atoms with Gasteiger partial charge in [0.15, 0.2) is 0 Å². The summed E-state index contributed by atoms with van der Waals surface area (Å²) < 4.78 is 20.4. The number of ether oxygens (including phenoxy) is 1. The van der Waals surface area contributed by atoms with E-state index in [1.807, 2.05) is 37.3 Å². The summed E-state index contributed by atoms with van der Waals surface area (Å²) in [5.74, 6) is -0.877. The van der Waals surface area contributed by atoms with Crippen molar-refractivity contribution >= 4 is 12.0 Å². The van der Waals surface area contributed by atoms with Crippen LogP contribution in [0.5, 0.6) is 0 Å². The molecule has 3 aromatic rings. The van der Waals surface area contributed by atoms with Crippen LogP contribution in [0.15, 0.2) is 73.1 Å². The highest BCUT2D eigenvalue weighted by atomic mass is 19.1. The van der Waals surface area contributed by atoms with E-state index in [4.69, 9.17) is 10.5 Å². The third-order valence-corrected chi connectivity index (χ3v) is 6.40. The van der Waals surface area contributed by atoms with E-state index >= 15 is 0 Å². The fourth-order valence-electron chi connectivity index (χ4n) is 4.39. The number of rotatable bonds is 7. The predicted octanol–water partition coefficient (Wildman–Crippen LogP) is 4.08. The lowest BCUT2D eigenvalue weighted by Crippen LogP contribution is -2.49. The number of nitrogens with zero attached hydrogens (tertiary/aromatic N) is 2. The van der Waals surface area contributed by atoms with Crippen LogP contribution >= 0.6 is 0 Å². The van der Waals surface area contributed by atoms with E-state index in [1.165, 1.54) is 18.3 Å². The van der Waals surface area contributed by atoms with E-state index in [2.05, 4.69) is 0 Å². The Bertz CT molecular complexity index is 1180. The van der Waals surface area contributed by atoms with Gasteiger partial charge in [-0.1, -0.05) is 36.4 Å². The Hall–Kier alpha value is -3.94. The molecule has 1 aliphatic rings. The molecule has 4 rings (SSSR count). The lowest BCUT2D eigenvalue weighted by Gasteiger charge is -2.43. The number of benzene rings is 2. The van der Waals surface area contributed by atoms with Crippen molar-refractivity contribution in [3.63, 3.8) is 0 Å². The van der Waals surface area contributed by atoms with Gasteiger partial charge >= 0.3 is 6.09 Å². The van der Waals surface area contributed by atoms with Gasteiger partial charge in [-0.05, 0) is 41.8 Å². The molecule has 34 heavy (non-hydrogen) atoms. The van der Waals surface area contributed by atoms with Crippen LogP contribution < -0.4 is 10.5 Å². The van der Waals surface area contributed by atoms with Gasteiger partial charge in [0.25, 0.3) is 0 Å². The maximum Gasteiger partial charge on any atom is 0.411 e. The number of carbonyl (C=O) groups excluding carboxylic acids is 2. The lowest BCUT2D eigenvalue weighted by molar-refractivity contribution is -0.904. The molecule has 7 nitrogen and oxygen atoms in total. The normalized spacial score (nSPS) is 18.9. The number of hydrogen-bond acceptors (Lipinski definition) is 4. The van der Waals surface area contributed by atoms with Crippen LogP contribution in [0, 0.1) is 5.82 Å². The topological polar surface area (TPSA) is 96.7 Å². The number of pyridine rings is 1. The smallest absolute Gasteiger partial charge is 0.411 e. The van der Waals surface area contributed by atoms with Crippen molar-refractivity contribution in [3.8, 4) is 11.1 Å². The summed E-state index contributed by atoms with van der Waals surface area (Å²) in [6.45, 7) is 2.33. The van der Waals surface area contributed by atoms with Crippen LogP contribution in [0.4, 0.5) is 9.18 Å². The summed E-state index contributed by atoms with van der Waals surface area (Å²) in [4.78, 5) is 26.2.